The zero-order valence-electron chi connectivity index (χ0n) is 13.2. The van der Waals surface area contributed by atoms with Gasteiger partial charge in [-0.05, 0) is 35.7 Å². The molecule has 1 aromatic heterocycles. The van der Waals surface area contributed by atoms with E-state index in [0.29, 0.717) is 17.1 Å². The maximum atomic E-state index is 12.2. The molecule has 7 heteroatoms. The molecule has 0 saturated carbocycles. The van der Waals surface area contributed by atoms with E-state index in [2.05, 4.69) is 11.4 Å². The highest BCUT2D eigenvalue weighted by Gasteiger charge is 2.16. The molecule has 6 nitrogen and oxygen atoms in total. The van der Waals surface area contributed by atoms with Crippen molar-refractivity contribution in [2.45, 2.75) is 13.5 Å². The number of thiophene rings is 1. The second-order valence-electron chi connectivity index (χ2n) is 5.31. The third-order valence-electron chi connectivity index (χ3n) is 3.70. The number of amides is 1. The first-order chi connectivity index (χ1) is 11.7. The van der Waals surface area contributed by atoms with E-state index in [1.807, 2.05) is 30.0 Å². The summed E-state index contributed by atoms with van der Waals surface area (Å²) in [6.45, 7) is 3.88. The molecule has 0 bridgehead atoms. The van der Waals surface area contributed by atoms with Gasteiger partial charge in [0.1, 0.15) is 11.1 Å². The molecule has 0 saturated heterocycles. The van der Waals surface area contributed by atoms with Crippen LogP contribution in [0.1, 0.15) is 18.1 Å². The summed E-state index contributed by atoms with van der Waals surface area (Å²) in [5.74, 6) is 1.36. The largest absolute Gasteiger partial charge is 0.454 e. The fourth-order valence-electron chi connectivity index (χ4n) is 2.44. The standard InChI is InChI=1S/C17H17N3O3S/c1-2-20(9-12-3-4-14-15(7-12)23-11-22-14)10-16(21)19-17-13(8-18)5-6-24-17/h3-7H,2,9-11H2,1H3,(H,19,21). The average Bonchev–Trinajstić information content (AvgIpc) is 3.22. The summed E-state index contributed by atoms with van der Waals surface area (Å²) in [5, 5.41) is 14.2. The first-order valence-corrected chi connectivity index (χ1v) is 8.46. The summed E-state index contributed by atoms with van der Waals surface area (Å²) in [7, 11) is 0. The highest BCUT2D eigenvalue weighted by atomic mass is 32.1. The summed E-state index contributed by atoms with van der Waals surface area (Å²) < 4.78 is 10.7. The van der Waals surface area contributed by atoms with E-state index < -0.39 is 0 Å². The van der Waals surface area contributed by atoms with E-state index in [4.69, 9.17) is 14.7 Å². The van der Waals surface area contributed by atoms with E-state index in [0.717, 1.165) is 23.6 Å². The summed E-state index contributed by atoms with van der Waals surface area (Å²) >= 11 is 1.35. The fraction of sp³-hybridized carbons (Fsp3) is 0.294. The SMILES string of the molecule is CCN(CC(=O)Nc1sccc1C#N)Cc1ccc2c(c1)OCO2. The Balaban J connectivity index is 1.60. The van der Waals surface area contributed by atoms with Gasteiger partial charge in [-0.25, -0.2) is 0 Å². The molecule has 3 rings (SSSR count). The molecule has 0 radical (unpaired) electrons. The third kappa shape index (κ3) is 3.67. The van der Waals surface area contributed by atoms with Crippen molar-refractivity contribution in [2.24, 2.45) is 0 Å². The Kier molecular flexibility index (Phi) is 4.99. The summed E-state index contributed by atoms with van der Waals surface area (Å²) in [6.07, 6.45) is 0. The second kappa shape index (κ2) is 7.34. The molecule has 124 valence electrons. The molecule has 2 heterocycles. The molecule has 0 atom stereocenters. The van der Waals surface area contributed by atoms with Crippen LogP contribution in [-0.2, 0) is 11.3 Å². The Morgan fingerprint density at radius 3 is 3.00 bits per heavy atom. The number of rotatable bonds is 6. The molecule has 1 aliphatic rings. The number of carbonyl (C=O) groups excluding carboxylic acids is 1. The van der Waals surface area contributed by atoms with Crippen LogP contribution >= 0.6 is 11.3 Å². The molecular formula is C17H17N3O3S. The zero-order chi connectivity index (χ0) is 16.9. The van der Waals surface area contributed by atoms with Crippen LogP contribution in [0.2, 0.25) is 0 Å². The van der Waals surface area contributed by atoms with Crippen LogP contribution in [0.15, 0.2) is 29.6 Å². The molecule has 1 aliphatic heterocycles. The quantitative estimate of drug-likeness (QED) is 0.873. The van der Waals surface area contributed by atoms with Crippen LogP contribution in [0.3, 0.4) is 0 Å². The Bertz CT molecular complexity index is 782. The lowest BCUT2D eigenvalue weighted by Gasteiger charge is -2.20. The average molecular weight is 343 g/mol. The molecule has 1 aromatic carbocycles. The zero-order valence-corrected chi connectivity index (χ0v) is 14.1. The highest BCUT2D eigenvalue weighted by molar-refractivity contribution is 7.14. The maximum Gasteiger partial charge on any atom is 0.239 e. The van der Waals surface area contributed by atoms with Crippen molar-refractivity contribution in [3.05, 3.63) is 40.8 Å². The van der Waals surface area contributed by atoms with Crippen LogP contribution < -0.4 is 14.8 Å². The number of nitrogens with one attached hydrogen (secondary N) is 1. The molecule has 0 fully saturated rings. The highest BCUT2D eigenvalue weighted by Crippen LogP contribution is 2.32. The lowest BCUT2D eigenvalue weighted by Crippen LogP contribution is -2.32. The number of nitrogens with zero attached hydrogens (tertiary/aromatic N) is 2. The minimum absolute atomic E-state index is 0.128. The van der Waals surface area contributed by atoms with Crippen LogP contribution in [0.5, 0.6) is 11.5 Å². The van der Waals surface area contributed by atoms with Gasteiger partial charge in [0, 0.05) is 6.54 Å². The van der Waals surface area contributed by atoms with E-state index in [1.54, 1.807) is 11.4 Å². The van der Waals surface area contributed by atoms with Crippen molar-refractivity contribution in [2.75, 3.05) is 25.2 Å². The third-order valence-corrected chi connectivity index (χ3v) is 4.53. The molecule has 1 amide bonds. The lowest BCUT2D eigenvalue weighted by atomic mass is 10.2. The van der Waals surface area contributed by atoms with Gasteiger partial charge in [0.15, 0.2) is 11.5 Å². The van der Waals surface area contributed by atoms with E-state index in [-0.39, 0.29) is 19.2 Å². The normalized spacial score (nSPS) is 12.2. The molecule has 24 heavy (non-hydrogen) atoms. The van der Waals surface area contributed by atoms with E-state index >= 15 is 0 Å². The first kappa shape index (κ1) is 16.3. The van der Waals surface area contributed by atoms with Gasteiger partial charge in [-0.15, -0.1) is 11.3 Å². The van der Waals surface area contributed by atoms with Gasteiger partial charge in [0.25, 0.3) is 0 Å². The number of nitriles is 1. The van der Waals surface area contributed by atoms with Gasteiger partial charge in [-0.1, -0.05) is 13.0 Å². The van der Waals surface area contributed by atoms with Crippen molar-refractivity contribution >= 4 is 22.2 Å². The van der Waals surface area contributed by atoms with Crippen molar-refractivity contribution in [3.63, 3.8) is 0 Å². The maximum absolute atomic E-state index is 12.2. The fourth-order valence-corrected chi connectivity index (χ4v) is 3.19. The Labute approximate surface area is 144 Å². The van der Waals surface area contributed by atoms with Crippen molar-refractivity contribution in [1.82, 2.24) is 4.90 Å². The van der Waals surface area contributed by atoms with Gasteiger partial charge < -0.3 is 14.8 Å². The van der Waals surface area contributed by atoms with Crippen LogP contribution in [0.25, 0.3) is 0 Å². The molecule has 0 aliphatic carbocycles. The molecular weight excluding hydrogens is 326 g/mol. The Morgan fingerprint density at radius 1 is 1.38 bits per heavy atom. The Morgan fingerprint density at radius 2 is 2.21 bits per heavy atom. The lowest BCUT2D eigenvalue weighted by molar-refractivity contribution is -0.117. The topological polar surface area (TPSA) is 74.6 Å². The summed E-state index contributed by atoms with van der Waals surface area (Å²) in [4.78, 5) is 14.2. The van der Waals surface area contributed by atoms with Crippen LogP contribution in [0.4, 0.5) is 5.00 Å². The van der Waals surface area contributed by atoms with Crippen LogP contribution in [-0.4, -0.2) is 30.7 Å². The van der Waals surface area contributed by atoms with Crippen molar-refractivity contribution in [3.8, 4) is 17.6 Å². The van der Waals surface area contributed by atoms with Crippen molar-refractivity contribution in [1.29, 1.82) is 5.26 Å². The van der Waals surface area contributed by atoms with Gasteiger partial charge in [-0.3, -0.25) is 9.69 Å². The number of hydrogen-bond donors (Lipinski definition) is 1. The van der Waals surface area contributed by atoms with Gasteiger partial charge in [0.05, 0.1) is 12.1 Å². The molecule has 2 aromatic rings. The second-order valence-corrected chi connectivity index (χ2v) is 6.23. The number of carbonyl (C=O) groups is 1. The van der Waals surface area contributed by atoms with E-state index in [1.165, 1.54) is 11.3 Å². The van der Waals surface area contributed by atoms with Crippen LogP contribution in [0, 0.1) is 11.3 Å². The van der Waals surface area contributed by atoms with Gasteiger partial charge in [0.2, 0.25) is 12.7 Å². The minimum atomic E-state index is -0.128. The van der Waals surface area contributed by atoms with Crippen molar-refractivity contribution < 1.29 is 14.3 Å². The number of fused-ring (bicyclic) bond motifs is 1. The summed E-state index contributed by atoms with van der Waals surface area (Å²) in [6, 6.07) is 9.57. The molecule has 0 unspecified atom stereocenters. The Hall–Kier alpha value is -2.56. The predicted molar refractivity (Wildman–Crippen MR) is 91.2 cm³/mol. The number of ether oxygens (including phenoxy) is 2. The first-order valence-electron chi connectivity index (χ1n) is 7.58. The minimum Gasteiger partial charge on any atom is -0.454 e. The number of hydrogen-bond acceptors (Lipinski definition) is 6. The summed E-state index contributed by atoms with van der Waals surface area (Å²) in [5.41, 5.74) is 1.55. The van der Waals surface area contributed by atoms with Gasteiger partial charge in [-0.2, -0.15) is 5.26 Å². The van der Waals surface area contributed by atoms with E-state index in [9.17, 15) is 4.79 Å². The number of benzene rings is 1. The molecule has 1 N–H and O–H groups in total. The smallest absolute Gasteiger partial charge is 0.239 e. The monoisotopic (exact) mass is 343 g/mol. The molecule has 0 spiro atoms. The predicted octanol–water partition coefficient (Wildman–Crippen LogP) is 2.81. The number of anilines is 1. The number of likely N-dealkylation sites (N-methyl/N-ethyl adjacent to an activating group) is 1. The van der Waals surface area contributed by atoms with Gasteiger partial charge >= 0.3 is 0 Å².